The van der Waals surface area contributed by atoms with Crippen molar-refractivity contribution < 1.29 is 9.53 Å². The molecule has 82 valence electrons. The molecule has 0 saturated carbocycles. The molecule has 3 nitrogen and oxygen atoms in total. The van der Waals surface area contributed by atoms with E-state index in [0.29, 0.717) is 13.0 Å². The zero-order chi connectivity index (χ0) is 10.4. The SMILES string of the molecule is O=C(OCCc1ccccc1)N(S)S.[PbH2]. The van der Waals surface area contributed by atoms with Gasteiger partial charge in [-0.15, -0.1) is 0 Å². The van der Waals surface area contributed by atoms with Crippen LogP contribution in [0.15, 0.2) is 30.3 Å². The first kappa shape index (κ1) is 15.1. The maximum absolute atomic E-state index is 10.9. The maximum atomic E-state index is 10.9. The molecule has 1 aromatic carbocycles. The van der Waals surface area contributed by atoms with Crippen molar-refractivity contribution in [2.24, 2.45) is 0 Å². The van der Waals surface area contributed by atoms with Crippen LogP contribution in [0.2, 0.25) is 0 Å². The Morgan fingerprint density at radius 3 is 2.40 bits per heavy atom. The van der Waals surface area contributed by atoms with Gasteiger partial charge >= 0.3 is 33.4 Å². The van der Waals surface area contributed by atoms with Crippen LogP contribution in [0.3, 0.4) is 0 Å². The molecule has 1 amide bonds. The average Bonchev–Trinajstić information content (AvgIpc) is 2.19. The van der Waals surface area contributed by atoms with E-state index in [2.05, 4.69) is 25.6 Å². The standard InChI is InChI=1S/C9H11NO2S2.Pb.2H/c11-9(10(13)14)12-7-6-8-4-2-1-3-5-8;;;/h1-5,13-14H,6-7H2;;;. The van der Waals surface area contributed by atoms with E-state index in [1.54, 1.807) is 0 Å². The summed E-state index contributed by atoms with van der Waals surface area (Å²) in [6.45, 7) is 0.334. The van der Waals surface area contributed by atoms with E-state index in [-0.39, 0.29) is 27.3 Å². The molecule has 0 N–H and O–H groups in total. The Morgan fingerprint density at radius 1 is 1.27 bits per heavy atom. The third-order valence-corrected chi connectivity index (χ3v) is 1.95. The first-order chi connectivity index (χ1) is 6.70. The summed E-state index contributed by atoms with van der Waals surface area (Å²) in [7, 11) is 0. The van der Waals surface area contributed by atoms with Crippen LogP contribution in [0.1, 0.15) is 5.56 Å². The zero-order valence-electron chi connectivity index (χ0n) is 8.17. The third-order valence-electron chi connectivity index (χ3n) is 1.62. The van der Waals surface area contributed by atoms with Crippen LogP contribution in [-0.4, -0.2) is 43.7 Å². The van der Waals surface area contributed by atoms with Gasteiger partial charge < -0.3 is 4.74 Å². The second-order valence-electron chi connectivity index (χ2n) is 2.64. The van der Waals surface area contributed by atoms with Crippen molar-refractivity contribution in [3.8, 4) is 0 Å². The van der Waals surface area contributed by atoms with Gasteiger partial charge in [0.15, 0.2) is 0 Å². The van der Waals surface area contributed by atoms with E-state index in [4.69, 9.17) is 4.74 Å². The summed E-state index contributed by atoms with van der Waals surface area (Å²) in [6, 6.07) is 9.79. The van der Waals surface area contributed by atoms with Crippen molar-refractivity contribution in [2.75, 3.05) is 6.61 Å². The number of carbonyl (C=O) groups excluding carboxylic acids is 1. The molecule has 0 heterocycles. The van der Waals surface area contributed by atoms with Crippen LogP contribution in [0.5, 0.6) is 0 Å². The topological polar surface area (TPSA) is 29.5 Å². The molecule has 0 aromatic heterocycles. The molecule has 0 aliphatic rings. The predicted molar refractivity (Wildman–Crippen MR) is 69.8 cm³/mol. The van der Waals surface area contributed by atoms with E-state index in [0.717, 1.165) is 9.27 Å². The number of amides is 1. The monoisotopic (exact) mass is 439 g/mol. The summed E-state index contributed by atoms with van der Waals surface area (Å²) < 4.78 is 5.65. The van der Waals surface area contributed by atoms with E-state index in [1.807, 2.05) is 30.3 Å². The van der Waals surface area contributed by atoms with Gasteiger partial charge in [-0.05, 0) is 31.2 Å². The van der Waals surface area contributed by atoms with Gasteiger partial charge in [0.25, 0.3) is 0 Å². The normalized spacial score (nSPS) is 8.93. The van der Waals surface area contributed by atoms with Crippen LogP contribution in [0.4, 0.5) is 4.79 Å². The Hall–Kier alpha value is 0.112. The number of ether oxygens (including phenoxy) is 1. The zero-order valence-corrected chi connectivity index (χ0v) is 15.5. The molecule has 0 aliphatic heterocycles. The Labute approximate surface area is 120 Å². The average molecular weight is 439 g/mol. The minimum atomic E-state index is -0.562. The van der Waals surface area contributed by atoms with Crippen molar-refractivity contribution in [1.82, 2.24) is 3.71 Å². The van der Waals surface area contributed by atoms with Crippen LogP contribution >= 0.6 is 25.6 Å². The van der Waals surface area contributed by atoms with Crippen LogP contribution < -0.4 is 0 Å². The fraction of sp³-hybridized carbons (Fsp3) is 0.222. The molecule has 15 heavy (non-hydrogen) atoms. The number of hydrogen-bond donors (Lipinski definition) is 2. The molecule has 0 atom stereocenters. The van der Waals surface area contributed by atoms with Crippen LogP contribution in [-0.2, 0) is 11.2 Å². The van der Waals surface area contributed by atoms with Gasteiger partial charge in [0, 0.05) is 6.42 Å². The number of rotatable bonds is 3. The molecule has 0 unspecified atom stereocenters. The molecular weight excluding hydrogens is 425 g/mol. The van der Waals surface area contributed by atoms with Gasteiger partial charge in [-0.3, -0.25) is 0 Å². The van der Waals surface area contributed by atoms with Gasteiger partial charge in [-0.25, -0.2) is 4.79 Å². The number of hydrogen-bond acceptors (Lipinski definition) is 4. The number of nitrogens with zero attached hydrogens (tertiary/aromatic N) is 1. The number of benzene rings is 1. The fourth-order valence-electron chi connectivity index (χ4n) is 0.959. The molecule has 1 aromatic rings. The van der Waals surface area contributed by atoms with Gasteiger partial charge in [-0.1, -0.05) is 30.3 Å². The van der Waals surface area contributed by atoms with Crippen molar-refractivity contribution in [1.29, 1.82) is 0 Å². The fourth-order valence-corrected chi connectivity index (χ4v) is 1.07. The molecule has 0 bridgehead atoms. The van der Waals surface area contributed by atoms with Crippen molar-refractivity contribution in [2.45, 2.75) is 6.42 Å². The molecule has 0 fully saturated rings. The summed E-state index contributed by atoms with van der Waals surface area (Å²) >= 11 is 7.35. The number of carbonyl (C=O) groups is 1. The molecule has 2 radical (unpaired) electrons. The van der Waals surface area contributed by atoms with Crippen molar-refractivity contribution >= 4 is 59.0 Å². The van der Waals surface area contributed by atoms with Crippen LogP contribution in [0.25, 0.3) is 0 Å². The first-order valence-corrected chi connectivity index (χ1v) is 4.88. The Kier molecular flexibility index (Phi) is 8.35. The van der Waals surface area contributed by atoms with E-state index in [9.17, 15) is 4.79 Å². The summed E-state index contributed by atoms with van der Waals surface area (Å²) in [6.07, 6.45) is 0.134. The molecule has 0 aliphatic carbocycles. The third kappa shape index (κ3) is 6.31. The first-order valence-electron chi connectivity index (χ1n) is 4.08. The predicted octanol–water partition coefficient (Wildman–Crippen LogP) is 1.44. The Bertz CT molecular complexity index is 295. The summed E-state index contributed by atoms with van der Waals surface area (Å²) in [4.78, 5) is 10.9. The van der Waals surface area contributed by atoms with E-state index < -0.39 is 6.09 Å². The van der Waals surface area contributed by atoms with E-state index in [1.165, 1.54) is 0 Å². The molecular formula is C9H13NO2PbS2. The Morgan fingerprint density at radius 2 is 1.87 bits per heavy atom. The molecule has 1 rings (SSSR count). The quantitative estimate of drug-likeness (QED) is 0.553. The van der Waals surface area contributed by atoms with Crippen molar-refractivity contribution in [3.05, 3.63) is 35.9 Å². The molecule has 0 spiro atoms. The summed E-state index contributed by atoms with van der Waals surface area (Å²) in [5.74, 6) is 0. The van der Waals surface area contributed by atoms with Crippen molar-refractivity contribution in [3.63, 3.8) is 0 Å². The number of thiol groups is 2. The second kappa shape index (κ2) is 8.29. The molecule has 0 saturated heterocycles. The second-order valence-corrected chi connectivity index (χ2v) is 3.75. The summed E-state index contributed by atoms with van der Waals surface area (Å²) in [5, 5.41) is 0. The van der Waals surface area contributed by atoms with E-state index >= 15 is 0 Å². The van der Waals surface area contributed by atoms with Gasteiger partial charge in [0.2, 0.25) is 0 Å². The Balaban J connectivity index is 0.00000196. The molecule has 6 heteroatoms. The van der Waals surface area contributed by atoms with Gasteiger partial charge in [0.05, 0.1) is 6.61 Å². The van der Waals surface area contributed by atoms with Crippen LogP contribution in [0, 0.1) is 0 Å². The van der Waals surface area contributed by atoms with Gasteiger partial charge in [0.1, 0.15) is 0 Å². The minimum absolute atomic E-state index is 0. The summed E-state index contributed by atoms with van der Waals surface area (Å²) in [5.41, 5.74) is 1.13. The van der Waals surface area contributed by atoms with Gasteiger partial charge in [-0.2, -0.15) is 3.71 Å².